The maximum atomic E-state index is 11.9. The van der Waals surface area contributed by atoms with Crippen LogP contribution in [0.15, 0.2) is 17.5 Å². The van der Waals surface area contributed by atoms with E-state index in [1.807, 2.05) is 13.0 Å². The number of carbonyl (C=O) groups excluding carboxylic acids is 1. The number of thiophene rings is 1. The molecule has 23 heavy (non-hydrogen) atoms. The van der Waals surface area contributed by atoms with Gasteiger partial charge in [0.05, 0.1) is 20.7 Å². The van der Waals surface area contributed by atoms with Crippen molar-refractivity contribution < 1.29 is 13.2 Å². The molecule has 2 aromatic rings. The summed E-state index contributed by atoms with van der Waals surface area (Å²) in [6.07, 6.45) is 2.38. The fraction of sp³-hybridized carbons (Fsp3) is 0.429. The number of hydrogen-bond donors (Lipinski definition) is 1. The first-order valence-corrected chi connectivity index (χ1v) is 11.0. The zero-order valence-electron chi connectivity index (χ0n) is 12.5. The van der Waals surface area contributed by atoms with Crippen molar-refractivity contribution in [1.82, 2.24) is 4.98 Å². The van der Waals surface area contributed by atoms with Crippen LogP contribution in [0, 0.1) is 0 Å². The molecule has 0 bridgehead atoms. The van der Waals surface area contributed by atoms with Gasteiger partial charge in [-0.05, 0) is 18.6 Å². The van der Waals surface area contributed by atoms with E-state index >= 15 is 0 Å². The normalized spacial score (nSPS) is 11.6. The molecular formula is C14H17ClN2O3S3. The van der Waals surface area contributed by atoms with Gasteiger partial charge < -0.3 is 5.32 Å². The highest BCUT2D eigenvalue weighted by atomic mass is 35.5. The van der Waals surface area contributed by atoms with Gasteiger partial charge in [-0.1, -0.05) is 31.4 Å². The Morgan fingerprint density at radius 2 is 2.13 bits per heavy atom. The van der Waals surface area contributed by atoms with Crippen molar-refractivity contribution in [1.29, 1.82) is 0 Å². The number of unbranched alkanes of at least 4 members (excludes halogenated alkanes) is 2. The van der Waals surface area contributed by atoms with Gasteiger partial charge in [-0.3, -0.25) is 4.79 Å². The zero-order valence-corrected chi connectivity index (χ0v) is 15.7. The fourth-order valence-electron chi connectivity index (χ4n) is 1.90. The summed E-state index contributed by atoms with van der Waals surface area (Å²) in [7, 11) is -3.37. The van der Waals surface area contributed by atoms with Crippen LogP contribution in [0.2, 0.25) is 4.34 Å². The number of sulfone groups is 1. The molecule has 126 valence electrons. The van der Waals surface area contributed by atoms with Gasteiger partial charge in [0, 0.05) is 5.38 Å². The number of anilines is 1. The van der Waals surface area contributed by atoms with Crippen LogP contribution in [0.4, 0.5) is 5.13 Å². The number of carbonyl (C=O) groups is 1. The molecule has 2 aromatic heterocycles. The molecule has 1 N–H and O–H groups in total. The lowest BCUT2D eigenvalue weighted by molar-refractivity contribution is -0.113. The minimum Gasteiger partial charge on any atom is -0.301 e. The summed E-state index contributed by atoms with van der Waals surface area (Å²) in [5.41, 5.74) is 0.716. The van der Waals surface area contributed by atoms with Gasteiger partial charge in [0.1, 0.15) is 5.75 Å². The Morgan fingerprint density at radius 1 is 1.35 bits per heavy atom. The summed E-state index contributed by atoms with van der Waals surface area (Å²) >= 11 is 8.53. The Kier molecular flexibility index (Phi) is 6.58. The highest BCUT2D eigenvalue weighted by Gasteiger charge is 2.17. The number of hydrogen-bond acceptors (Lipinski definition) is 6. The Hall–Kier alpha value is -0.960. The molecule has 0 unspecified atom stereocenters. The van der Waals surface area contributed by atoms with E-state index in [0.29, 0.717) is 21.6 Å². The molecule has 0 saturated heterocycles. The topological polar surface area (TPSA) is 76.1 Å². The van der Waals surface area contributed by atoms with Crippen LogP contribution in [-0.4, -0.2) is 30.8 Å². The summed E-state index contributed by atoms with van der Waals surface area (Å²) < 4.78 is 24.4. The van der Waals surface area contributed by atoms with Crippen molar-refractivity contribution in [2.24, 2.45) is 0 Å². The molecule has 0 aliphatic heterocycles. The van der Waals surface area contributed by atoms with E-state index in [4.69, 9.17) is 11.6 Å². The third kappa shape index (κ3) is 5.87. The monoisotopic (exact) mass is 392 g/mol. The second-order valence-corrected chi connectivity index (χ2v) is 9.75. The molecule has 5 nitrogen and oxygen atoms in total. The fourth-order valence-corrected chi connectivity index (χ4v) is 4.96. The van der Waals surface area contributed by atoms with Crippen LogP contribution < -0.4 is 5.32 Å². The highest BCUT2D eigenvalue weighted by Crippen LogP contribution is 2.32. The average molecular weight is 393 g/mol. The number of nitrogens with one attached hydrogen (secondary N) is 1. The van der Waals surface area contributed by atoms with E-state index in [-0.39, 0.29) is 5.75 Å². The summed E-state index contributed by atoms with van der Waals surface area (Å²) in [5.74, 6) is -1.01. The standard InChI is InChI=1S/C14H17ClN2O3S3/c1-2-3-4-7-23(19,20)9-13(18)17-14-16-10(8-21-14)11-5-6-12(15)22-11/h5-6,8H,2-4,7,9H2,1H3,(H,16,17,18). The third-order valence-electron chi connectivity index (χ3n) is 2.99. The Bertz CT molecular complexity index is 768. The predicted octanol–water partition coefficient (Wildman–Crippen LogP) is 4.07. The minimum absolute atomic E-state index is 0.0467. The van der Waals surface area contributed by atoms with E-state index in [1.165, 1.54) is 22.7 Å². The molecule has 9 heteroatoms. The second-order valence-electron chi connectivity index (χ2n) is 4.99. The van der Waals surface area contributed by atoms with Gasteiger partial charge in [0.2, 0.25) is 5.91 Å². The molecule has 0 aliphatic rings. The first-order chi connectivity index (χ1) is 10.9. The van der Waals surface area contributed by atoms with Crippen molar-refractivity contribution in [3.8, 4) is 10.6 Å². The van der Waals surface area contributed by atoms with E-state index in [1.54, 1.807) is 11.4 Å². The lowest BCUT2D eigenvalue weighted by atomic mass is 10.3. The molecule has 0 radical (unpaired) electrons. The molecule has 0 aliphatic carbocycles. The smallest absolute Gasteiger partial charge is 0.241 e. The van der Waals surface area contributed by atoms with E-state index < -0.39 is 21.5 Å². The lowest BCUT2D eigenvalue weighted by Gasteiger charge is -2.03. The largest absolute Gasteiger partial charge is 0.301 e. The van der Waals surface area contributed by atoms with Crippen molar-refractivity contribution in [3.05, 3.63) is 21.8 Å². The summed E-state index contributed by atoms with van der Waals surface area (Å²) in [6, 6.07) is 3.63. The predicted molar refractivity (Wildman–Crippen MR) is 97.2 cm³/mol. The number of aromatic nitrogens is 1. The Balaban J connectivity index is 1.92. The molecule has 2 rings (SSSR count). The van der Waals surface area contributed by atoms with Gasteiger partial charge in [0.25, 0.3) is 0 Å². The molecule has 2 heterocycles. The van der Waals surface area contributed by atoms with E-state index in [9.17, 15) is 13.2 Å². The summed E-state index contributed by atoms with van der Waals surface area (Å²) in [6.45, 7) is 2.00. The first-order valence-electron chi connectivity index (χ1n) is 7.11. The highest BCUT2D eigenvalue weighted by molar-refractivity contribution is 7.92. The second kappa shape index (κ2) is 8.23. The molecular weight excluding hydrogens is 376 g/mol. The van der Waals surface area contributed by atoms with E-state index in [0.717, 1.165) is 17.7 Å². The maximum absolute atomic E-state index is 11.9. The number of nitrogens with zero attached hydrogens (tertiary/aromatic N) is 1. The van der Waals surface area contributed by atoms with Crippen LogP contribution >= 0.6 is 34.3 Å². The van der Waals surface area contributed by atoms with Crippen LogP contribution in [0.5, 0.6) is 0 Å². The van der Waals surface area contributed by atoms with Crippen LogP contribution in [0.1, 0.15) is 26.2 Å². The quantitative estimate of drug-likeness (QED) is 0.687. The summed E-state index contributed by atoms with van der Waals surface area (Å²) in [4.78, 5) is 17.1. The Labute approximate surface area is 148 Å². The number of thiazole rings is 1. The molecule has 0 aromatic carbocycles. The van der Waals surface area contributed by atoms with Crippen molar-refractivity contribution in [3.63, 3.8) is 0 Å². The van der Waals surface area contributed by atoms with Gasteiger partial charge in [-0.15, -0.1) is 22.7 Å². The number of rotatable bonds is 8. The third-order valence-corrected chi connectivity index (χ3v) is 6.61. The van der Waals surface area contributed by atoms with Crippen molar-refractivity contribution >= 4 is 55.2 Å². The van der Waals surface area contributed by atoms with Crippen LogP contribution in [-0.2, 0) is 14.6 Å². The molecule has 0 saturated carbocycles. The molecule has 0 atom stereocenters. The van der Waals surface area contributed by atoms with Gasteiger partial charge in [-0.25, -0.2) is 13.4 Å². The first kappa shape index (κ1) is 18.4. The Morgan fingerprint density at radius 3 is 2.78 bits per heavy atom. The van der Waals surface area contributed by atoms with Crippen LogP contribution in [0.25, 0.3) is 10.6 Å². The molecule has 0 fully saturated rings. The number of amides is 1. The lowest BCUT2D eigenvalue weighted by Crippen LogP contribution is -2.24. The van der Waals surface area contributed by atoms with E-state index in [2.05, 4.69) is 10.3 Å². The van der Waals surface area contributed by atoms with Crippen molar-refractivity contribution in [2.75, 3.05) is 16.8 Å². The van der Waals surface area contributed by atoms with Crippen LogP contribution in [0.3, 0.4) is 0 Å². The zero-order chi connectivity index (χ0) is 16.9. The maximum Gasteiger partial charge on any atom is 0.241 e. The van der Waals surface area contributed by atoms with Crippen molar-refractivity contribution in [2.45, 2.75) is 26.2 Å². The summed E-state index contributed by atoms with van der Waals surface area (Å²) in [5, 5.41) is 4.73. The number of halogens is 1. The molecule has 0 spiro atoms. The van der Waals surface area contributed by atoms with Gasteiger partial charge >= 0.3 is 0 Å². The van der Waals surface area contributed by atoms with Gasteiger partial charge in [0.15, 0.2) is 15.0 Å². The molecule has 1 amide bonds. The minimum atomic E-state index is -3.37. The average Bonchev–Trinajstić information content (AvgIpc) is 3.07. The SMILES string of the molecule is CCCCCS(=O)(=O)CC(=O)Nc1nc(-c2ccc(Cl)s2)cs1. The van der Waals surface area contributed by atoms with Gasteiger partial charge in [-0.2, -0.15) is 0 Å².